The third kappa shape index (κ3) is 4.19. The van der Waals surface area contributed by atoms with Gasteiger partial charge in [-0.05, 0) is 42.7 Å². The summed E-state index contributed by atoms with van der Waals surface area (Å²) in [6.45, 7) is 6.77. The average molecular weight is 305 g/mol. The van der Waals surface area contributed by atoms with Crippen molar-refractivity contribution in [3.05, 3.63) is 58.4 Å². The van der Waals surface area contributed by atoms with E-state index in [-0.39, 0.29) is 11.8 Å². The third-order valence-corrected chi connectivity index (χ3v) is 3.73. The molecule has 0 aliphatic heterocycles. The van der Waals surface area contributed by atoms with Gasteiger partial charge < -0.3 is 10.4 Å². The van der Waals surface area contributed by atoms with E-state index in [1.807, 2.05) is 31.2 Å². The maximum atomic E-state index is 9.87. The van der Waals surface area contributed by atoms with Gasteiger partial charge in [-0.3, -0.25) is 4.98 Å². The molecule has 0 bridgehead atoms. The van der Waals surface area contributed by atoms with Gasteiger partial charge in [0.25, 0.3) is 0 Å². The molecule has 0 spiro atoms. The minimum Gasteiger partial charge on any atom is -0.506 e. The van der Waals surface area contributed by atoms with E-state index in [0.717, 1.165) is 10.7 Å². The van der Waals surface area contributed by atoms with Crippen molar-refractivity contribution in [2.24, 2.45) is 5.92 Å². The van der Waals surface area contributed by atoms with Crippen LogP contribution in [-0.2, 0) is 6.54 Å². The summed E-state index contributed by atoms with van der Waals surface area (Å²) in [5, 5.41) is 14.1. The highest BCUT2D eigenvalue weighted by atomic mass is 35.5. The normalized spacial score (nSPS) is 12.6. The predicted octanol–water partition coefficient (Wildman–Crippen LogP) is 4.24. The van der Waals surface area contributed by atoms with E-state index >= 15 is 0 Å². The number of rotatable bonds is 5. The second-order valence-corrected chi connectivity index (χ2v) is 6.01. The minimum atomic E-state index is 0.184. The zero-order valence-electron chi connectivity index (χ0n) is 12.6. The quantitative estimate of drug-likeness (QED) is 0.868. The van der Waals surface area contributed by atoms with Crippen LogP contribution in [0, 0.1) is 12.8 Å². The SMILES string of the molecule is Cc1ccc(O)c(CNC(c2ccc(Cl)cc2)C(C)C)n1. The molecule has 1 aromatic carbocycles. The molecule has 1 atom stereocenters. The van der Waals surface area contributed by atoms with E-state index in [1.54, 1.807) is 12.1 Å². The van der Waals surface area contributed by atoms with Crippen LogP contribution in [0.5, 0.6) is 5.75 Å². The highest BCUT2D eigenvalue weighted by molar-refractivity contribution is 6.30. The van der Waals surface area contributed by atoms with E-state index in [4.69, 9.17) is 11.6 Å². The van der Waals surface area contributed by atoms with Crippen molar-refractivity contribution in [2.45, 2.75) is 33.4 Å². The fraction of sp³-hybridized carbons (Fsp3) is 0.353. The number of halogens is 1. The lowest BCUT2D eigenvalue weighted by atomic mass is 9.96. The zero-order chi connectivity index (χ0) is 15.4. The number of hydrogen-bond donors (Lipinski definition) is 2. The van der Waals surface area contributed by atoms with Gasteiger partial charge in [-0.15, -0.1) is 0 Å². The minimum absolute atomic E-state index is 0.184. The summed E-state index contributed by atoms with van der Waals surface area (Å²) >= 11 is 5.94. The number of benzene rings is 1. The van der Waals surface area contributed by atoms with Gasteiger partial charge in [0.15, 0.2) is 0 Å². The summed E-state index contributed by atoms with van der Waals surface area (Å²) in [7, 11) is 0. The first-order valence-corrected chi connectivity index (χ1v) is 7.49. The molecule has 1 unspecified atom stereocenters. The molecule has 21 heavy (non-hydrogen) atoms. The van der Waals surface area contributed by atoms with Crippen molar-refractivity contribution < 1.29 is 5.11 Å². The molecule has 0 fully saturated rings. The molecular weight excluding hydrogens is 284 g/mol. The molecule has 1 aromatic heterocycles. The van der Waals surface area contributed by atoms with E-state index < -0.39 is 0 Å². The molecule has 0 aliphatic rings. The Morgan fingerprint density at radius 1 is 1.14 bits per heavy atom. The van der Waals surface area contributed by atoms with Gasteiger partial charge in [0.05, 0.1) is 5.69 Å². The van der Waals surface area contributed by atoms with E-state index in [1.165, 1.54) is 5.56 Å². The van der Waals surface area contributed by atoms with Crippen molar-refractivity contribution >= 4 is 11.6 Å². The topological polar surface area (TPSA) is 45.1 Å². The molecule has 0 aliphatic carbocycles. The maximum absolute atomic E-state index is 9.87. The van der Waals surface area contributed by atoms with Gasteiger partial charge in [-0.1, -0.05) is 37.6 Å². The van der Waals surface area contributed by atoms with Gasteiger partial charge in [0, 0.05) is 23.3 Å². The fourth-order valence-electron chi connectivity index (χ4n) is 2.35. The number of nitrogens with one attached hydrogen (secondary N) is 1. The van der Waals surface area contributed by atoms with Crippen molar-refractivity contribution in [1.82, 2.24) is 10.3 Å². The molecule has 1 heterocycles. The Morgan fingerprint density at radius 3 is 2.43 bits per heavy atom. The molecule has 4 heteroatoms. The lowest BCUT2D eigenvalue weighted by Gasteiger charge is -2.23. The molecule has 0 amide bonds. The van der Waals surface area contributed by atoms with Crippen molar-refractivity contribution in [3.63, 3.8) is 0 Å². The van der Waals surface area contributed by atoms with Crippen molar-refractivity contribution in [1.29, 1.82) is 0 Å². The Bertz CT molecular complexity index is 596. The third-order valence-electron chi connectivity index (χ3n) is 3.47. The number of hydrogen-bond acceptors (Lipinski definition) is 3. The summed E-state index contributed by atoms with van der Waals surface area (Å²) < 4.78 is 0. The molecule has 3 nitrogen and oxygen atoms in total. The van der Waals surface area contributed by atoms with Gasteiger partial charge in [0.2, 0.25) is 0 Å². The molecule has 0 saturated carbocycles. The van der Waals surface area contributed by atoms with Crippen LogP contribution in [0.15, 0.2) is 36.4 Å². The smallest absolute Gasteiger partial charge is 0.138 e. The van der Waals surface area contributed by atoms with Crippen LogP contribution in [0.2, 0.25) is 5.02 Å². The summed E-state index contributed by atoms with van der Waals surface area (Å²) in [6, 6.07) is 11.5. The van der Waals surface area contributed by atoms with Gasteiger partial charge in [0.1, 0.15) is 5.75 Å². The van der Waals surface area contributed by atoms with Gasteiger partial charge in [-0.25, -0.2) is 0 Å². The number of nitrogens with zero attached hydrogens (tertiary/aromatic N) is 1. The molecule has 2 rings (SSSR count). The molecule has 2 aromatic rings. The highest BCUT2D eigenvalue weighted by Crippen LogP contribution is 2.24. The molecule has 0 radical (unpaired) electrons. The number of aryl methyl sites for hydroxylation is 1. The van der Waals surface area contributed by atoms with E-state index in [0.29, 0.717) is 18.2 Å². The van der Waals surface area contributed by atoms with Crippen LogP contribution < -0.4 is 5.32 Å². The second kappa shape index (κ2) is 6.92. The Kier molecular flexibility index (Phi) is 5.21. The standard InChI is InChI=1S/C17H21ClN2O/c1-11(2)17(13-5-7-14(18)8-6-13)19-10-15-16(21)9-4-12(3)20-15/h4-9,11,17,19,21H,10H2,1-3H3. The number of pyridine rings is 1. The van der Waals surface area contributed by atoms with Gasteiger partial charge in [-0.2, -0.15) is 0 Å². The van der Waals surface area contributed by atoms with E-state index in [9.17, 15) is 5.11 Å². The first kappa shape index (κ1) is 15.8. The summed E-state index contributed by atoms with van der Waals surface area (Å²) in [4.78, 5) is 4.38. The predicted molar refractivity (Wildman–Crippen MR) is 86.5 cm³/mol. The average Bonchev–Trinajstić information content (AvgIpc) is 2.44. The Hall–Kier alpha value is -1.58. The molecular formula is C17H21ClN2O. The molecule has 0 saturated heterocycles. The first-order valence-electron chi connectivity index (χ1n) is 7.11. The number of aromatic hydroxyl groups is 1. The van der Waals surface area contributed by atoms with E-state index in [2.05, 4.69) is 24.1 Å². The monoisotopic (exact) mass is 304 g/mol. The largest absolute Gasteiger partial charge is 0.506 e. The van der Waals surface area contributed by atoms with Crippen LogP contribution in [0.4, 0.5) is 0 Å². The van der Waals surface area contributed by atoms with Crippen molar-refractivity contribution in [3.8, 4) is 5.75 Å². The van der Waals surface area contributed by atoms with Crippen LogP contribution >= 0.6 is 11.6 Å². The lowest BCUT2D eigenvalue weighted by molar-refractivity contribution is 0.398. The Labute approximate surface area is 131 Å². The summed E-state index contributed by atoms with van der Waals surface area (Å²) in [5.74, 6) is 0.643. The van der Waals surface area contributed by atoms with Crippen molar-refractivity contribution in [2.75, 3.05) is 0 Å². The van der Waals surface area contributed by atoms with Crippen LogP contribution in [0.1, 0.15) is 36.8 Å². The van der Waals surface area contributed by atoms with Crippen LogP contribution in [0.3, 0.4) is 0 Å². The summed E-state index contributed by atoms with van der Waals surface area (Å²) in [6.07, 6.45) is 0. The maximum Gasteiger partial charge on any atom is 0.138 e. The fourth-order valence-corrected chi connectivity index (χ4v) is 2.47. The Balaban J connectivity index is 2.13. The number of aromatic nitrogens is 1. The second-order valence-electron chi connectivity index (χ2n) is 5.57. The first-order chi connectivity index (χ1) is 9.97. The molecule has 112 valence electrons. The van der Waals surface area contributed by atoms with Crippen LogP contribution in [-0.4, -0.2) is 10.1 Å². The lowest BCUT2D eigenvalue weighted by Crippen LogP contribution is -2.25. The van der Waals surface area contributed by atoms with Gasteiger partial charge >= 0.3 is 0 Å². The zero-order valence-corrected chi connectivity index (χ0v) is 13.4. The Morgan fingerprint density at radius 2 is 1.81 bits per heavy atom. The molecule has 2 N–H and O–H groups in total. The summed E-state index contributed by atoms with van der Waals surface area (Å²) in [5.41, 5.74) is 2.76. The van der Waals surface area contributed by atoms with Crippen LogP contribution in [0.25, 0.3) is 0 Å². The highest BCUT2D eigenvalue weighted by Gasteiger charge is 2.16.